The molecule has 9 nitrogen and oxygen atoms in total. The molecule has 0 aliphatic rings. The normalized spacial score (nSPS) is 12.0. The first-order valence-corrected chi connectivity index (χ1v) is 8.42. The van der Waals surface area contributed by atoms with Gasteiger partial charge in [-0.25, -0.2) is 9.69 Å². The van der Waals surface area contributed by atoms with Crippen LogP contribution in [-0.4, -0.2) is 45.2 Å². The minimum Gasteiger partial charge on any atom is -0.465 e. The molecule has 1 aromatic carbocycles. The first-order valence-electron chi connectivity index (χ1n) is 8.42. The maximum atomic E-state index is 12.3. The van der Waals surface area contributed by atoms with Gasteiger partial charge < -0.3 is 21.1 Å². The fraction of sp³-hybridized carbons (Fsp3) is 0.412. The Kier molecular flexibility index (Phi) is 6.81. The lowest BCUT2D eigenvalue weighted by Gasteiger charge is -2.14. The van der Waals surface area contributed by atoms with Crippen LogP contribution in [0.25, 0.3) is 11.4 Å². The summed E-state index contributed by atoms with van der Waals surface area (Å²) in [6.45, 7) is 2.25. The quantitative estimate of drug-likeness (QED) is 0.604. The summed E-state index contributed by atoms with van der Waals surface area (Å²) in [5.41, 5.74) is 12.3. The zero-order valence-corrected chi connectivity index (χ0v) is 14.6. The van der Waals surface area contributed by atoms with E-state index in [1.165, 1.54) is 12.1 Å². The summed E-state index contributed by atoms with van der Waals surface area (Å²) in [7, 11) is 0. The van der Waals surface area contributed by atoms with Crippen molar-refractivity contribution in [2.45, 2.75) is 32.2 Å². The number of carbonyl (C=O) groups is 2. The molecule has 1 heterocycles. The molecule has 0 unspecified atom stereocenters. The Bertz CT molecular complexity index is 761. The summed E-state index contributed by atoms with van der Waals surface area (Å²) >= 11 is 0. The zero-order chi connectivity index (χ0) is 19.1. The fourth-order valence-corrected chi connectivity index (χ4v) is 2.45. The van der Waals surface area contributed by atoms with Crippen molar-refractivity contribution >= 4 is 12.0 Å². The van der Waals surface area contributed by atoms with Gasteiger partial charge in [-0.15, -0.1) is 0 Å². The summed E-state index contributed by atoms with van der Waals surface area (Å²) in [5.74, 6) is 0.000763. The number of hydrogen-bond acceptors (Lipinski definition) is 7. The van der Waals surface area contributed by atoms with Crippen LogP contribution in [0.15, 0.2) is 28.8 Å². The molecule has 2 aromatic rings. The highest BCUT2D eigenvalue weighted by Crippen LogP contribution is 2.22. The summed E-state index contributed by atoms with van der Waals surface area (Å²) in [6, 6.07) is 6.03. The highest BCUT2D eigenvalue weighted by atomic mass is 16.5. The first kappa shape index (κ1) is 19.5. The van der Waals surface area contributed by atoms with Crippen LogP contribution in [0.2, 0.25) is 0 Å². The molecule has 1 atom stereocenters. The Labute approximate surface area is 151 Å². The standard InChI is InChI=1S/C17H23N5O4/c1-2-22(17(24)25)16(23)12-7-5-6-11(10-12)14-20-15(26-21-14)13(19)8-3-4-9-18/h5-7,10,13H,2-4,8-9,18-19H2,1H3,(H,24,25)/t13-/m0/s1. The smallest absolute Gasteiger partial charge is 0.414 e. The SMILES string of the molecule is CCN(C(=O)O)C(=O)c1cccc(-c2noc([C@@H](N)CCCCN)n2)c1. The van der Waals surface area contributed by atoms with Crippen LogP contribution in [0, 0.1) is 0 Å². The zero-order valence-electron chi connectivity index (χ0n) is 14.6. The van der Waals surface area contributed by atoms with Crippen LogP contribution in [0.1, 0.15) is 48.5 Å². The van der Waals surface area contributed by atoms with Crippen molar-refractivity contribution in [2.75, 3.05) is 13.1 Å². The van der Waals surface area contributed by atoms with Crippen molar-refractivity contribution in [3.8, 4) is 11.4 Å². The Morgan fingerprint density at radius 1 is 1.35 bits per heavy atom. The number of carboxylic acid groups (broad SMARTS) is 1. The summed E-state index contributed by atoms with van der Waals surface area (Å²) in [6.07, 6.45) is 1.12. The van der Waals surface area contributed by atoms with E-state index in [4.69, 9.17) is 21.1 Å². The van der Waals surface area contributed by atoms with Gasteiger partial charge in [0, 0.05) is 17.7 Å². The van der Waals surface area contributed by atoms with E-state index in [9.17, 15) is 9.59 Å². The lowest BCUT2D eigenvalue weighted by Crippen LogP contribution is -2.35. The topological polar surface area (TPSA) is 149 Å². The molecule has 9 heteroatoms. The third kappa shape index (κ3) is 4.64. The average molecular weight is 361 g/mol. The van der Waals surface area contributed by atoms with Gasteiger partial charge in [-0.3, -0.25) is 4.79 Å². The predicted octanol–water partition coefficient (Wildman–Crippen LogP) is 2.01. The lowest BCUT2D eigenvalue weighted by molar-refractivity contribution is 0.0751. The molecule has 5 N–H and O–H groups in total. The maximum Gasteiger partial charge on any atom is 0.414 e. The van der Waals surface area contributed by atoms with Crippen molar-refractivity contribution in [2.24, 2.45) is 11.5 Å². The molecule has 26 heavy (non-hydrogen) atoms. The summed E-state index contributed by atoms with van der Waals surface area (Å²) in [5, 5.41) is 13.0. The van der Waals surface area contributed by atoms with E-state index in [1.807, 2.05) is 0 Å². The number of nitrogens with two attached hydrogens (primary N) is 2. The molecule has 2 rings (SSSR count). The van der Waals surface area contributed by atoms with Gasteiger partial charge in [-0.05, 0) is 38.4 Å². The van der Waals surface area contributed by atoms with Gasteiger partial charge in [0.05, 0.1) is 6.04 Å². The van der Waals surface area contributed by atoms with Crippen molar-refractivity contribution < 1.29 is 19.2 Å². The summed E-state index contributed by atoms with van der Waals surface area (Å²) in [4.78, 5) is 28.5. The van der Waals surface area contributed by atoms with Gasteiger partial charge in [0.2, 0.25) is 11.7 Å². The number of amides is 2. The van der Waals surface area contributed by atoms with Crippen molar-refractivity contribution in [3.05, 3.63) is 35.7 Å². The number of benzene rings is 1. The van der Waals surface area contributed by atoms with E-state index in [1.54, 1.807) is 19.1 Å². The lowest BCUT2D eigenvalue weighted by atomic mass is 10.1. The third-order valence-electron chi connectivity index (χ3n) is 3.89. The highest BCUT2D eigenvalue weighted by Gasteiger charge is 2.21. The van der Waals surface area contributed by atoms with Gasteiger partial charge in [0.15, 0.2) is 0 Å². The van der Waals surface area contributed by atoms with Gasteiger partial charge in [0.1, 0.15) is 0 Å². The Balaban J connectivity index is 2.18. The molecule has 2 amide bonds. The second-order valence-electron chi connectivity index (χ2n) is 5.76. The number of imide groups is 1. The van der Waals surface area contributed by atoms with Crippen molar-refractivity contribution in [1.82, 2.24) is 15.0 Å². The van der Waals surface area contributed by atoms with Gasteiger partial charge in [-0.2, -0.15) is 4.98 Å². The largest absolute Gasteiger partial charge is 0.465 e. The van der Waals surface area contributed by atoms with Gasteiger partial charge >= 0.3 is 6.09 Å². The van der Waals surface area contributed by atoms with E-state index < -0.39 is 12.0 Å². The average Bonchev–Trinajstić information content (AvgIpc) is 3.12. The third-order valence-corrected chi connectivity index (χ3v) is 3.89. The molecule has 0 saturated heterocycles. The number of unbranched alkanes of at least 4 members (excludes halogenated alkanes) is 1. The fourth-order valence-electron chi connectivity index (χ4n) is 2.45. The van der Waals surface area contributed by atoms with Crippen LogP contribution in [-0.2, 0) is 0 Å². The van der Waals surface area contributed by atoms with Crippen molar-refractivity contribution in [1.29, 1.82) is 0 Å². The Morgan fingerprint density at radius 3 is 2.77 bits per heavy atom. The van der Waals surface area contributed by atoms with Crippen LogP contribution in [0.4, 0.5) is 4.79 Å². The van der Waals surface area contributed by atoms with Gasteiger partial charge in [-0.1, -0.05) is 23.7 Å². The number of carbonyl (C=O) groups excluding carboxylic acids is 1. The van der Waals surface area contributed by atoms with E-state index in [2.05, 4.69) is 10.1 Å². The Hall–Kier alpha value is -2.78. The molecule has 1 aromatic heterocycles. The molecule has 0 saturated carbocycles. The second-order valence-corrected chi connectivity index (χ2v) is 5.76. The van der Waals surface area contributed by atoms with E-state index in [0.29, 0.717) is 30.2 Å². The van der Waals surface area contributed by atoms with E-state index in [0.717, 1.165) is 17.7 Å². The Morgan fingerprint density at radius 2 is 2.12 bits per heavy atom. The number of nitrogens with zero attached hydrogens (tertiary/aromatic N) is 3. The molecular formula is C17H23N5O4. The van der Waals surface area contributed by atoms with Crippen LogP contribution in [0.5, 0.6) is 0 Å². The molecule has 0 bridgehead atoms. The number of rotatable bonds is 8. The minimum absolute atomic E-state index is 0.0579. The second kappa shape index (κ2) is 9.07. The van der Waals surface area contributed by atoms with E-state index >= 15 is 0 Å². The minimum atomic E-state index is -1.30. The molecule has 0 aliphatic carbocycles. The maximum absolute atomic E-state index is 12.3. The molecule has 0 fully saturated rings. The van der Waals surface area contributed by atoms with Crippen LogP contribution in [0.3, 0.4) is 0 Å². The monoisotopic (exact) mass is 361 g/mol. The molecular weight excluding hydrogens is 338 g/mol. The number of hydrogen-bond donors (Lipinski definition) is 3. The molecule has 0 aliphatic heterocycles. The van der Waals surface area contributed by atoms with Crippen LogP contribution >= 0.6 is 0 Å². The first-order chi connectivity index (χ1) is 12.5. The molecule has 0 radical (unpaired) electrons. The van der Waals surface area contributed by atoms with Gasteiger partial charge in [0.25, 0.3) is 5.91 Å². The van der Waals surface area contributed by atoms with E-state index in [-0.39, 0.29) is 18.2 Å². The molecule has 140 valence electrons. The summed E-state index contributed by atoms with van der Waals surface area (Å²) < 4.78 is 5.21. The van der Waals surface area contributed by atoms with Crippen molar-refractivity contribution in [3.63, 3.8) is 0 Å². The molecule has 0 spiro atoms. The predicted molar refractivity (Wildman–Crippen MR) is 94.3 cm³/mol. The number of aromatic nitrogens is 2. The highest BCUT2D eigenvalue weighted by molar-refractivity contribution is 6.03. The van der Waals surface area contributed by atoms with Crippen LogP contribution < -0.4 is 11.5 Å².